The molecule has 23 heavy (non-hydrogen) atoms. The fourth-order valence-corrected chi connectivity index (χ4v) is 3.47. The summed E-state index contributed by atoms with van der Waals surface area (Å²) in [5.41, 5.74) is 0.812. The summed E-state index contributed by atoms with van der Waals surface area (Å²) in [6.45, 7) is 3.09. The third-order valence-corrected chi connectivity index (χ3v) is 4.93. The van der Waals surface area contributed by atoms with Crippen LogP contribution in [0.2, 0.25) is 0 Å². The third-order valence-electron chi connectivity index (χ3n) is 4.93. The molecule has 0 radical (unpaired) electrons. The summed E-state index contributed by atoms with van der Waals surface area (Å²) in [6.07, 6.45) is 0.226. The molecule has 0 spiro atoms. The van der Waals surface area contributed by atoms with E-state index in [4.69, 9.17) is 0 Å². The van der Waals surface area contributed by atoms with Crippen molar-refractivity contribution in [3.63, 3.8) is 0 Å². The SMILES string of the molecule is CN1CCN(C(=O)C2CC(=O)N(C)C2c2ccc(F)cc2)CC1. The summed E-state index contributed by atoms with van der Waals surface area (Å²) in [6, 6.07) is 5.78. The molecule has 2 amide bonds. The Morgan fingerprint density at radius 3 is 2.30 bits per heavy atom. The Kier molecular flexibility index (Phi) is 4.35. The lowest BCUT2D eigenvalue weighted by Crippen LogP contribution is -2.49. The average molecular weight is 319 g/mol. The van der Waals surface area contributed by atoms with E-state index in [1.807, 2.05) is 11.9 Å². The maximum atomic E-state index is 13.2. The van der Waals surface area contributed by atoms with E-state index in [-0.39, 0.29) is 36.0 Å². The van der Waals surface area contributed by atoms with E-state index in [0.29, 0.717) is 13.1 Å². The summed E-state index contributed by atoms with van der Waals surface area (Å²) >= 11 is 0. The highest BCUT2D eigenvalue weighted by Gasteiger charge is 2.44. The summed E-state index contributed by atoms with van der Waals surface area (Å²) in [5.74, 6) is -0.707. The number of carbonyl (C=O) groups excluding carboxylic acids is 2. The molecule has 2 aliphatic heterocycles. The van der Waals surface area contributed by atoms with Crippen LogP contribution < -0.4 is 0 Å². The molecule has 124 valence electrons. The maximum absolute atomic E-state index is 13.2. The third kappa shape index (κ3) is 3.08. The predicted octanol–water partition coefficient (Wildman–Crippen LogP) is 1.12. The average Bonchev–Trinajstić information content (AvgIpc) is 2.84. The molecule has 2 heterocycles. The molecule has 3 rings (SSSR count). The first-order chi connectivity index (χ1) is 11.0. The lowest BCUT2D eigenvalue weighted by atomic mass is 9.92. The first kappa shape index (κ1) is 15.9. The minimum atomic E-state index is -0.388. The van der Waals surface area contributed by atoms with Gasteiger partial charge in [-0.2, -0.15) is 0 Å². The number of amides is 2. The van der Waals surface area contributed by atoms with Crippen molar-refractivity contribution in [1.29, 1.82) is 0 Å². The minimum Gasteiger partial charge on any atom is -0.340 e. The number of hydrogen-bond donors (Lipinski definition) is 0. The molecule has 2 saturated heterocycles. The van der Waals surface area contributed by atoms with Crippen molar-refractivity contribution in [3.8, 4) is 0 Å². The van der Waals surface area contributed by atoms with Gasteiger partial charge in [0.1, 0.15) is 5.82 Å². The predicted molar refractivity (Wildman–Crippen MR) is 84.1 cm³/mol. The molecule has 2 aliphatic rings. The quantitative estimate of drug-likeness (QED) is 0.820. The van der Waals surface area contributed by atoms with E-state index < -0.39 is 0 Å². The Hall–Kier alpha value is -1.95. The fraction of sp³-hybridized carbons (Fsp3) is 0.529. The first-order valence-corrected chi connectivity index (χ1v) is 7.96. The lowest BCUT2D eigenvalue weighted by Gasteiger charge is -2.35. The number of likely N-dealkylation sites (N-methyl/N-ethyl adjacent to an activating group) is 1. The Morgan fingerprint density at radius 2 is 1.70 bits per heavy atom. The van der Waals surface area contributed by atoms with Crippen molar-refractivity contribution in [2.75, 3.05) is 40.3 Å². The van der Waals surface area contributed by atoms with Gasteiger partial charge in [-0.25, -0.2) is 4.39 Å². The van der Waals surface area contributed by atoms with E-state index in [0.717, 1.165) is 18.7 Å². The monoisotopic (exact) mass is 319 g/mol. The van der Waals surface area contributed by atoms with Crippen molar-refractivity contribution >= 4 is 11.8 Å². The molecule has 1 aromatic rings. The van der Waals surface area contributed by atoms with Gasteiger partial charge in [-0.05, 0) is 24.7 Å². The van der Waals surface area contributed by atoms with Crippen LogP contribution in [0.4, 0.5) is 4.39 Å². The van der Waals surface area contributed by atoms with E-state index in [9.17, 15) is 14.0 Å². The van der Waals surface area contributed by atoms with Crippen LogP contribution in [0.15, 0.2) is 24.3 Å². The van der Waals surface area contributed by atoms with Crippen molar-refractivity contribution in [2.24, 2.45) is 5.92 Å². The number of carbonyl (C=O) groups is 2. The standard InChI is InChI=1S/C17H22FN3O2/c1-19-7-9-21(10-8-19)17(23)14-11-15(22)20(2)16(14)12-3-5-13(18)6-4-12/h3-6,14,16H,7-11H2,1-2H3. The number of piperazine rings is 1. The van der Waals surface area contributed by atoms with Crippen LogP contribution in [0.1, 0.15) is 18.0 Å². The molecule has 2 fully saturated rings. The summed E-state index contributed by atoms with van der Waals surface area (Å²) in [4.78, 5) is 30.7. The second-order valence-electron chi connectivity index (χ2n) is 6.44. The van der Waals surface area contributed by atoms with Crippen LogP contribution in [0, 0.1) is 11.7 Å². The smallest absolute Gasteiger partial charge is 0.228 e. The number of likely N-dealkylation sites (tertiary alicyclic amines) is 1. The Morgan fingerprint density at radius 1 is 1.09 bits per heavy atom. The Bertz CT molecular complexity index is 596. The van der Waals surface area contributed by atoms with E-state index >= 15 is 0 Å². The van der Waals surface area contributed by atoms with Gasteiger partial charge in [-0.15, -0.1) is 0 Å². The zero-order chi connectivity index (χ0) is 16.6. The minimum absolute atomic E-state index is 0.0325. The van der Waals surface area contributed by atoms with E-state index in [2.05, 4.69) is 4.90 Å². The topological polar surface area (TPSA) is 43.9 Å². The van der Waals surface area contributed by atoms with Crippen molar-refractivity contribution in [1.82, 2.24) is 14.7 Å². The summed E-state index contributed by atoms with van der Waals surface area (Å²) in [5, 5.41) is 0. The highest BCUT2D eigenvalue weighted by Crippen LogP contribution is 2.38. The molecule has 1 aromatic carbocycles. The molecule has 0 saturated carbocycles. The van der Waals surface area contributed by atoms with Crippen LogP contribution in [-0.4, -0.2) is 66.8 Å². The normalized spacial score (nSPS) is 26.0. The largest absolute Gasteiger partial charge is 0.340 e. The zero-order valence-electron chi connectivity index (χ0n) is 13.5. The highest BCUT2D eigenvalue weighted by atomic mass is 19.1. The second-order valence-corrected chi connectivity index (χ2v) is 6.44. The van der Waals surface area contributed by atoms with Crippen LogP contribution in [0.5, 0.6) is 0 Å². The zero-order valence-corrected chi connectivity index (χ0v) is 13.5. The lowest BCUT2D eigenvalue weighted by molar-refractivity contribution is -0.138. The maximum Gasteiger partial charge on any atom is 0.228 e. The summed E-state index contributed by atoms with van der Waals surface area (Å²) < 4.78 is 13.2. The van der Waals surface area contributed by atoms with Crippen LogP contribution in [0.3, 0.4) is 0 Å². The van der Waals surface area contributed by atoms with Crippen molar-refractivity contribution in [3.05, 3.63) is 35.6 Å². The van der Waals surface area contributed by atoms with Gasteiger partial charge >= 0.3 is 0 Å². The molecule has 0 aliphatic carbocycles. The number of hydrogen-bond acceptors (Lipinski definition) is 3. The Balaban J connectivity index is 1.82. The van der Waals surface area contributed by atoms with Gasteiger partial charge in [0.2, 0.25) is 11.8 Å². The van der Waals surface area contributed by atoms with Gasteiger partial charge in [0.25, 0.3) is 0 Å². The molecule has 0 N–H and O–H groups in total. The van der Waals surface area contributed by atoms with Crippen molar-refractivity contribution < 1.29 is 14.0 Å². The van der Waals surface area contributed by atoms with Crippen LogP contribution in [-0.2, 0) is 9.59 Å². The number of rotatable bonds is 2. The van der Waals surface area contributed by atoms with Gasteiger partial charge in [0.05, 0.1) is 12.0 Å². The number of benzene rings is 1. The molecule has 0 bridgehead atoms. The Labute approximate surface area is 135 Å². The van der Waals surface area contributed by atoms with E-state index in [1.165, 1.54) is 12.1 Å². The molecule has 5 nitrogen and oxygen atoms in total. The van der Waals surface area contributed by atoms with Gasteiger partial charge < -0.3 is 14.7 Å². The highest BCUT2D eigenvalue weighted by molar-refractivity contribution is 5.90. The molecule has 2 atom stereocenters. The molecule has 2 unspecified atom stereocenters. The van der Waals surface area contributed by atoms with Gasteiger partial charge in [-0.3, -0.25) is 9.59 Å². The molecule has 0 aromatic heterocycles. The molecular weight excluding hydrogens is 297 g/mol. The van der Waals surface area contributed by atoms with Gasteiger partial charge in [-0.1, -0.05) is 12.1 Å². The molecular formula is C17H22FN3O2. The first-order valence-electron chi connectivity index (χ1n) is 7.96. The fourth-order valence-electron chi connectivity index (χ4n) is 3.47. The second kappa shape index (κ2) is 6.28. The van der Waals surface area contributed by atoms with Crippen LogP contribution >= 0.6 is 0 Å². The van der Waals surface area contributed by atoms with Gasteiger partial charge in [0.15, 0.2) is 0 Å². The van der Waals surface area contributed by atoms with Crippen LogP contribution in [0.25, 0.3) is 0 Å². The number of halogens is 1. The number of nitrogens with zero attached hydrogens (tertiary/aromatic N) is 3. The van der Waals surface area contributed by atoms with E-state index in [1.54, 1.807) is 24.1 Å². The molecule has 6 heteroatoms. The summed E-state index contributed by atoms with van der Waals surface area (Å²) in [7, 11) is 3.75. The van der Waals surface area contributed by atoms with Crippen molar-refractivity contribution in [2.45, 2.75) is 12.5 Å². The van der Waals surface area contributed by atoms with Gasteiger partial charge in [0, 0.05) is 39.6 Å².